The summed E-state index contributed by atoms with van der Waals surface area (Å²) in [7, 11) is 0. The molecule has 0 radical (unpaired) electrons. The highest BCUT2D eigenvalue weighted by molar-refractivity contribution is 6.31. The molecule has 0 aromatic heterocycles. The lowest BCUT2D eigenvalue weighted by molar-refractivity contribution is -0.117. The van der Waals surface area contributed by atoms with Crippen molar-refractivity contribution in [3.05, 3.63) is 23.2 Å². The normalized spacial score (nSPS) is 16.9. The lowest BCUT2D eigenvalue weighted by Crippen LogP contribution is -2.35. The number of halogens is 1. The summed E-state index contributed by atoms with van der Waals surface area (Å²) in [5, 5.41) is 3.34. The van der Waals surface area contributed by atoms with E-state index in [1.165, 1.54) is 0 Å². The number of nitrogen functional groups attached to an aromatic ring is 1. The van der Waals surface area contributed by atoms with Gasteiger partial charge in [0.25, 0.3) is 0 Å². The van der Waals surface area contributed by atoms with E-state index in [-0.39, 0.29) is 5.91 Å². The van der Waals surface area contributed by atoms with Crippen molar-refractivity contribution in [2.24, 2.45) is 0 Å². The van der Waals surface area contributed by atoms with E-state index in [0.717, 1.165) is 26.1 Å². The van der Waals surface area contributed by atoms with Gasteiger partial charge < -0.3 is 15.8 Å². The molecule has 1 aliphatic heterocycles. The maximum atomic E-state index is 12.0. The van der Waals surface area contributed by atoms with Crippen molar-refractivity contribution < 1.29 is 9.53 Å². The maximum Gasteiger partial charge on any atom is 0.238 e. The summed E-state index contributed by atoms with van der Waals surface area (Å²) in [6.07, 6.45) is 0.951. The van der Waals surface area contributed by atoms with Crippen molar-refractivity contribution in [2.75, 3.05) is 43.9 Å². The molecule has 1 amide bonds. The second-order valence-corrected chi connectivity index (χ2v) is 4.96. The highest BCUT2D eigenvalue weighted by Crippen LogP contribution is 2.22. The monoisotopic (exact) mass is 283 g/mol. The van der Waals surface area contributed by atoms with E-state index in [2.05, 4.69) is 10.2 Å². The number of rotatable bonds is 3. The first-order valence-corrected chi connectivity index (χ1v) is 6.68. The molecular formula is C13H18ClN3O2. The fourth-order valence-corrected chi connectivity index (χ4v) is 2.16. The molecule has 2 rings (SSSR count). The van der Waals surface area contributed by atoms with Crippen LogP contribution in [0.3, 0.4) is 0 Å². The van der Waals surface area contributed by atoms with Crippen LogP contribution in [0.5, 0.6) is 0 Å². The molecule has 1 saturated heterocycles. The molecule has 3 N–H and O–H groups in total. The molecule has 104 valence electrons. The van der Waals surface area contributed by atoms with E-state index in [9.17, 15) is 4.79 Å². The first-order valence-electron chi connectivity index (χ1n) is 6.30. The molecule has 1 aromatic rings. The van der Waals surface area contributed by atoms with Crippen LogP contribution in [0.25, 0.3) is 0 Å². The molecule has 0 bridgehead atoms. The number of carbonyl (C=O) groups is 1. The summed E-state index contributed by atoms with van der Waals surface area (Å²) in [5.41, 5.74) is 6.86. The molecule has 6 heteroatoms. The van der Waals surface area contributed by atoms with Gasteiger partial charge in [0.2, 0.25) is 5.91 Å². The second-order valence-electron chi connectivity index (χ2n) is 4.52. The number of anilines is 2. The minimum atomic E-state index is -0.0872. The fraction of sp³-hybridized carbons (Fsp3) is 0.462. The topological polar surface area (TPSA) is 67.6 Å². The molecule has 0 spiro atoms. The van der Waals surface area contributed by atoms with Crippen LogP contribution in [0.15, 0.2) is 18.2 Å². The summed E-state index contributed by atoms with van der Waals surface area (Å²) in [5.74, 6) is -0.0872. The van der Waals surface area contributed by atoms with Crippen molar-refractivity contribution in [3.8, 4) is 0 Å². The smallest absolute Gasteiger partial charge is 0.238 e. The predicted molar refractivity (Wildman–Crippen MR) is 76.4 cm³/mol. The highest BCUT2D eigenvalue weighted by atomic mass is 35.5. The SMILES string of the molecule is Nc1ccc(Cl)cc1NC(=O)CN1CCCOCC1. The standard InChI is InChI=1S/C13H18ClN3O2/c14-10-2-3-11(15)12(8-10)16-13(18)9-17-4-1-6-19-7-5-17/h2-3,8H,1,4-7,9,15H2,(H,16,18). The summed E-state index contributed by atoms with van der Waals surface area (Å²) in [4.78, 5) is 14.0. The molecule has 1 aliphatic rings. The zero-order chi connectivity index (χ0) is 13.7. The highest BCUT2D eigenvalue weighted by Gasteiger charge is 2.14. The van der Waals surface area contributed by atoms with Gasteiger partial charge in [0.1, 0.15) is 0 Å². The largest absolute Gasteiger partial charge is 0.397 e. The van der Waals surface area contributed by atoms with Gasteiger partial charge in [0, 0.05) is 24.7 Å². The summed E-state index contributed by atoms with van der Waals surface area (Å²) in [6.45, 7) is 3.43. The third-order valence-corrected chi connectivity index (χ3v) is 3.21. The second kappa shape index (κ2) is 6.75. The molecule has 0 aliphatic carbocycles. The summed E-state index contributed by atoms with van der Waals surface area (Å²) < 4.78 is 5.35. The van der Waals surface area contributed by atoms with Crippen LogP contribution in [0.2, 0.25) is 5.02 Å². The van der Waals surface area contributed by atoms with Gasteiger partial charge in [0.05, 0.1) is 24.5 Å². The minimum absolute atomic E-state index is 0.0872. The number of nitrogens with zero attached hydrogens (tertiary/aromatic N) is 1. The molecule has 0 saturated carbocycles. The number of ether oxygens (including phenoxy) is 1. The summed E-state index contributed by atoms with van der Waals surface area (Å²) in [6, 6.07) is 5.02. The van der Waals surface area contributed by atoms with Crippen LogP contribution < -0.4 is 11.1 Å². The molecule has 0 unspecified atom stereocenters. The van der Waals surface area contributed by atoms with Gasteiger partial charge in [-0.1, -0.05) is 11.6 Å². The number of hydrogen-bond acceptors (Lipinski definition) is 4. The molecule has 1 fully saturated rings. The molecular weight excluding hydrogens is 266 g/mol. The van der Waals surface area contributed by atoms with Crippen LogP contribution in [0.4, 0.5) is 11.4 Å². The Morgan fingerprint density at radius 3 is 3.11 bits per heavy atom. The van der Waals surface area contributed by atoms with Crippen molar-refractivity contribution in [1.29, 1.82) is 0 Å². The Labute approximate surface area is 117 Å². The van der Waals surface area contributed by atoms with Gasteiger partial charge in [0.15, 0.2) is 0 Å². The van der Waals surface area contributed by atoms with Crippen LogP contribution in [-0.2, 0) is 9.53 Å². The Morgan fingerprint density at radius 2 is 2.26 bits per heavy atom. The quantitative estimate of drug-likeness (QED) is 0.827. The van der Waals surface area contributed by atoms with Gasteiger partial charge in [-0.15, -0.1) is 0 Å². The van der Waals surface area contributed by atoms with Crippen LogP contribution >= 0.6 is 11.6 Å². The third kappa shape index (κ3) is 4.38. The van der Waals surface area contributed by atoms with Crippen LogP contribution in [0, 0.1) is 0 Å². The lowest BCUT2D eigenvalue weighted by atomic mass is 10.2. The number of hydrogen-bond donors (Lipinski definition) is 2. The Morgan fingerprint density at radius 1 is 1.42 bits per heavy atom. The van der Waals surface area contributed by atoms with Crippen molar-refractivity contribution >= 4 is 28.9 Å². The molecule has 5 nitrogen and oxygen atoms in total. The average molecular weight is 284 g/mol. The number of nitrogens with one attached hydrogen (secondary N) is 1. The van der Waals surface area contributed by atoms with E-state index >= 15 is 0 Å². The number of carbonyl (C=O) groups excluding carboxylic acids is 1. The van der Waals surface area contributed by atoms with Crippen molar-refractivity contribution in [1.82, 2.24) is 4.90 Å². The Hall–Kier alpha value is -1.30. The Balaban J connectivity index is 1.91. The van der Waals surface area contributed by atoms with Crippen molar-refractivity contribution in [2.45, 2.75) is 6.42 Å². The van der Waals surface area contributed by atoms with Gasteiger partial charge in [-0.05, 0) is 24.6 Å². The van der Waals surface area contributed by atoms with E-state index in [4.69, 9.17) is 22.1 Å². The minimum Gasteiger partial charge on any atom is -0.397 e. The van der Waals surface area contributed by atoms with Gasteiger partial charge >= 0.3 is 0 Å². The average Bonchev–Trinajstić information content (AvgIpc) is 2.62. The maximum absolute atomic E-state index is 12.0. The van der Waals surface area contributed by atoms with Gasteiger partial charge in [-0.3, -0.25) is 9.69 Å². The number of nitrogens with two attached hydrogens (primary N) is 1. The van der Waals surface area contributed by atoms with Gasteiger partial charge in [-0.25, -0.2) is 0 Å². The Kier molecular flexibility index (Phi) is 5.01. The first kappa shape index (κ1) is 14.1. The fourth-order valence-electron chi connectivity index (χ4n) is 1.99. The van der Waals surface area contributed by atoms with Crippen LogP contribution in [-0.4, -0.2) is 43.7 Å². The van der Waals surface area contributed by atoms with Crippen LogP contribution in [0.1, 0.15) is 6.42 Å². The summed E-state index contributed by atoms with van der Waals surface area (Å²) >= 11 is 5.88. The zero-order valence-electron chi connectivity index (χ0n) is 10.7. The Bertz CT molecular complexity index is 446. The van der Waals surface area contributed by atoms with E-state index in [1.54, 1.807) is 18.2 Å². The van der Waals surface area contributed by atoms with E-state index in [1.807, 2.05) is 0 Å². The molecule has 1 aromatic carbocycles. The predicted octanol–water partition coefficient (Wildman–Crippen LogP) is 1.58. The molecule has 1 heterocycles. The van der Waals surface area contributed by atoms with E-state index < -0.39 is 0 Å². The molecule has 0 atom stereocenters. The first-order chi connectivity index (χ1) is 9.15. The zero-order valence-corrected chi connectivity index (χ0v) is 11.4. The third-order valence-electron chi connectivity index (χ3n) is 2.97. The van der Waals surface area contributed by atoms with Gasteiger partial charge in [-0.2, -0.15) is 0 Å². The van der Waals surface area contributed by atoms with E-state index in [0.29, 0.717) is 29.5 Å². The van der Waals surface area contributed by atoms with Crippen molar-refractivity contribution in [3.63, 3.8) is 0 Å². The number of amides is 1. The molecule has 19 heavy (non-hydrogen) atoms. The lowest BCUT2D eigenvalue weighted by Gasteiger charge is -2.18. The number of benzene rings is 1.